The molecule has 0 spiro atoms. The first-order valence-electron chi connectivity index (χ1n) is 13.7. The molecule has 43 heavy (non-hydrogen) atoms. The van der Waals surface area contributed by atoms with Crippen LogP contribution in [0.2, 0.25) is 0 Å². The van der Waals surface area contributed by atoms with Crippen LogP contribution in [0.4, 0.5) is 13.2 Å². The number of methoxy groups -OCH3 is 1. The van der Waals surface area contributed by atoms with E-state index in [1.807, 2.05) is 54.6 Å². The van der Waals surface area contributed by atoms with Crippen LogP contribution >= 0.6 is 0 Å². The van der Waals surface area contributed by atoms with Crippen molar-refractivity contribution in [3.05, 3.63) is 101 Å². The molecule has 3 atom stereocenters. The van der Waals surface area contributed by atoms with Gasteiger partial charge >= 0.3 is 6.18 Å². The molecule has 1 fully saturated rings. The Morgan fingerprint density at radius 1 is 0.953 bits per heavy atom. The van der Waals surface area contributed by atoms with Gasteiger partial charge in [0.05, 0.1) is 11.3 Å². The van der Waals surface area contributed by atoms with E-state index in [0.717, 1.165) is 52.8 Å². The van der Waals surface area contributed by atoms with Crippen molar-refractivity contribution in [2.45, 2.75) is 31.3 Å². The van der Waals surface area contributed by atoms with E-state index in [0.29, 0.717) is 18.2 Å². The number of aliphatic carboxylic acids is 1. The number of likely N-dealkylation sites (tertiary alicyclic amines) is 1. The molecule has 1 saturated heterocycles. The van der Waals surface area contributed by atoms with Crippen molar-refractivity contribution in [2.75, 3.05) is 20.3 Å². The molecule has 0 radical (unpaired) electrons. The Balaban J connectivity index is 0.000000472. The number of fused-ring (bicyclic) bond motifs is 2. The van der Waals surface area contributed by atoms with E-state index in [4.69, 9.17) is 19.4 Å². The Labute approximate surface area is 244 Å². The second-order valence-electron chi connectivity index (χ2n) is 10.4. The van der Waals surface area contributed by atoms with Crippen molar-refractivity contribution in [2.24, 2.45) is 0 Å². The van der Waals surface area contributed by atoms with Crippen LogP contribution in [0.15, 0.2) is 89.7 Å². The van der Waals surface area contributed by atoms with Gasteiger partial charge in [0.2, 0.25) is 0 Å². The van der Waals surface area contributed by atoms with Crippen molar-refractivity contribution in [1.29, 1.82) is 0 Å². The molecular weight excluding hydrogens is 563 g/mol. The second kappa shape index (κ2) is 12.7. The summed E-state index contributed by atoms with van der Waals surface area (Å²) in [4.78, 5) is 29.4. The predicted octanol–water partition coefficient (Wildman–Crippen LogP) is 3.23. The van der Waals surface area contributed by atoms with Crippen LogP contribution < -0.4 is 20.3 Å². The minimum atomic E-state index is -5.19. The maximum atomic E-state index is 12.7. The summed E-state index contributed by atoms with van der Waals surface area (Å²) in [6.07, 6.45) is -3.95. The lowest BCUT2D eigenvalue weighted by molar-refractivity contribution is -0.927. The summed E-state index contributed by atoms with van der Waals surface area (Å²) >= 11 is 0. The minimum absolute atomic E-state index is 0.104. The van der Waals surface area contributed by atoms with Gasteiger partial charge in [-0.1, -0.05) is 48.5 Å². The number of benzene rings is 3. The molecule has 0 bridgehead atoms. The normalized spacial score (nSPS) is 18.4. The van der Waals surface area contributed by atoms with E-state index < -0.39 is 12.1 Å². The second-order valence-corrected chi connectivity index (χ2v) is 10.4. The third kappa shape index (κ3) is 7.25. The zero-order valence-corrected chi connectivity index (χ0v) is 23.2. The van der Waals surface area contributed by atoms with E-state index in [2.05, 4.69) is 40.3 Å². The number of hydrogen-bond acceptors (Lipinski definition) is 5. The average Bonchev–Trinajstić information content (AvgIpc) is 3.59. The molecule has 5 aromatic rings. The van der Waals surface area contributed by atoms with Gasteiger partial charge in [-0.3, -0.25) is 4.79 Å². The van der Waals surface area contributed by atoms with Crippen molar-refractivity contribution >= 4 is 27.8 Å². The number of halogens is 3. The highest BCUT2D eigenvalue weighted by molar-refractivity contribution is 5.89. The highest BCUT2D eigenvalue weighted by Gasteiger charge is 2.36. The van der Waals surface area contributed by atoms with Gasteiger partial charge in [-0.15, -0.1) is 0 Å². The fraction of sp³-hybridized carbons (Fsp3) is 0.250. The number of carbonyl (C=O) groups is 1. The van der Waals surface area contributed by atoms with Gasteiger partial charge in [-0.25, -0.2) is 0 Å². The van der Waals surface area contributed by atoms with Crippen LogP contribution in [0.5, 0.6) is 5.75 Å². The SMILES string of the molecule is CO[C@@H]1C[C@H](COc2ccc3[nH]c(-c4cc5ccccc5[nH]c4=O)cc3c2)[NH+](Cc2ccccc2)C1.O=C([O-])C(F)(F)F. The first-order valence-corrected chi connectivity index (χ1v) is 13.7. The molecular formula is C32H30F3N3O5. The number of carboxylic acid groups (broad SMARTS) is 1. The lowest BCUT2D eigenvalue weighted by Gasteiger charge is -2.21. The summed E-state index contributed by atoms with van der Waals surface area (Å²) in [6.45, 7) is 2.59. The van der Waals surface area contributed by atoms with Crippen LogP contribution in [0.3, 0.4) is 0 Å². The molecule has 1 aliphatic rings. The van der Waals surface area contributed by atoms with Crippen LogP contribution in [0.1, 0.15) is 12.0 Å². The van der Waals surface area contributed by atoms with Crippen molar-refractivity contribution in [1.82, 2.24) is 9.97 Å². The molecule has 2 aromatic heterocycles. The summed E-state index contributed by atoms with van der Waals surface area (Å²) in [5.41, 5.74) is 4.47. The van der Waals surface area contributed by atoms with E-state index in [-0.39, 0.29) is 11.7 Å². The molecule has 0 aliphatic carbocycles. The summed E-state index contributed by atoms with van der Waals surface area (Å²) in [7, 11) is 1.80. The Kier molecular flexibility index (Phi) is 8.84. The molecule has 8 nitrogen and oxygen atoms in total. The van der Waals surface area contributed by atoms with E-state index in [1.54, 1.807) is 7.11 Å². The molecule has 3 aromatic carbocycles. The molecule has 224 valence electrons. The monoisotopic (exact) mass is 593 g/mol. The average molecular weight is 594 g/mol. The summed E-state index contributed by atoms with van der Waals surface area (Å²) in [5, 5.41) is 10.8. The molecule has 0 amide bonds. The van der Waals surface area contributed by atoms with Crippen molar-refractivity contribution in [3.8, 4) is 17.0 Å². The number of quaternary nitrogens is 1. The van der Waals surface area contributed by atoms with Crippen LogP contribution in [0.25, 0.3) is 33.1 Å². The van der Waals surface area contributed by atoms with E-state index in [1.165, 1.54) is 10.5 Å². The Morgan fingerprint density at radius 2 is 1.65 bits per heavy atom. The molecule has 3 heterocycles. The third-order valence-electron chi connectivity index (χ3n) is 7.54. The van der Waals surface area contributed by atoms with Crippen LogP contribution in [-0.4, -0.2) is 54.5 Å². The molecule has 11 heteroatoms. The molecule has 0 saturated carbocycles. The lowest BCUT2D eigenvalue weighted by Crippen LogP contribution is -3.13. The highest BCUT2D eigenvalue weighted by atomic mass is 19.4. The first-order chi connectivity index (χ1) is 20.6. The van der Waals surface area contributed by atoms with Gasteiger partial charge in [0.15, 0.2) is 0 Å². The van der Waals surface area contributed by atoms with Gasteiger partial charge in [-0.2, -0.15) is 13.2 Å². The number of aromatic amines is 2. The fourth-order valence-electron chi connectivity index (χ4n) is 5.36. The van der Waals surface area contributed by atoms with Crippen LogP contribution in [-0.2, 0) is 16.1 Å². The number of H-pyrrole nitrogens is 2. The molecule has 1 aliphatic heterocycles. The Hall–Kier alpha value is -4.61. The zero-order valence-electron chi connectivity index (χ0n) is 23.2. The van der Waals surface area contributed by atoms with Crippen molar-refractivity contribution < 1.29 is 37.4 Å². The number of rotatable bonds is 7. The van der Waals surface area contributed by atoms with Crippen molar-refractivity contribution in [3.63, 3.8) is 0 Å². The maximum absolute atomic E-state index is 12.7. The van der Waals surface area contributed by atoms with Gasteiger partial charge in [0.1, 0.15) is 43.6 Å². The lowest BCUT2D eigenvalue weighted by atomic mass is 10.1. The number of aromatic nitrogens is 2. The number of carboxylic acids is 1. The quantitative estimate of drug-likeness (QED) is 0.269. The number of nitrogens with one attached hydrogen (secondary N) is 3. The number of carbonyl (C=O) groups excluding carboxylic acids is 1. The minimum Gasteiger partial charge on any atom is -0.542 e. The number of ether oxygens (including phenoxy) is 2. The third-order valence-corrected chi connectivity index (χ3v) is 7.54. The number of hydrogen-bond donors (Lipinski definition) is 3. The van der Waals surface area contributed by atoms with Gasteiger partial charge in [0.25, 0.3) is 5.56 Å². The van der Waals surface area contributed by atoms with E-state index >= 15 is 0 Å². The van der Waals surface area contributed by atoms with E-state index in [9.17, 15) is 18.0 Å². The summed E-state index contributed by atoms with van der Waals surface area (Å²) < 4.78 is 43.5. The predicted molar refractivity (Wildman–Crippen MR) is 154 cm³/mol. The Bertz CT molecular complexity index is 1770. The largest absolute Gasteiger partial charge is 0.542 e. The summed E-state index contributed by atoms with van der Waals surface area (Å²) in [6, 6.07) is 28.8. The molecule has 6 rings (SSSR count). The highest BCUT2D eigenvalue weighted by Crippen LogP contribution is 2.27. The number of pyridine rings is 1. The molecule has 3 N–H and O–H groups in total. The smallest absolute Gasteiger partial charge is 0.430 e. The fourth-order valence-corrected chi connectivity index (χ4v) is 5.36. The van der Waals surface area contributed by atoms with Gasteiger partial charge in [0, 0.05) is 35.5 Å². The van der Waals surface area contributed by atoms with Gasteiger partial charge in [-0.05, 0) is 41.8 Å². The topological polar surface area (TPSA) is 112 Å². The van der Waals surface area contributed by atoms with Gasteiger partial charge < -0.3 is 34.2 Å². The number of alkyl halides is 3. The zero-order chi connectivity index (χ0) is 30.6. The Morgan fingerprint density at radius 3 is 2.37 bits per heavy atom. The maximum Gasteiger partial charge on any atom is 0.430 e. The van der Waals surface area contributed by atoms with Crippen LogP contribution in [0, 0.1) is 0 Å². The number of para-hydroxylation sites is 1. The summed E-state index contributed by atoms with van der Waals surface area (Å²) in [5.74, 6) is -2.17. The standard InChI is InChI=1S/C30H29N3O3.C2HF3O2/c1-35-25-16-23(33(18-25)17-20-7-3-2-4-8-20)19-36-24-11-12-28-22(13-24)15-29(31-28)26-14-21-9-5-6-10-27(21)32-30(26)34;3-2(4,5)1(6)7/h2-15,23,25,31H,16-19H2,1H3,(H,32,34);(H,6,7)/t23-,25-;/m1./s1. The molecule has 1 unspecified atom stereocenters. The first kappa shape index (κ1) is 29.9.